The highest BCUT2D eigenvalue weighted by Gasteiger charge is 2.34. The molecule has 138 valence electrons. The van der Waals surface area contributed by atoms with E-state index in [1.165, 1.54) is 11.8 Å². The number of nitrogens with one attached hydrogen (secondary N) is 2. The van der Waals surface area contributed by atoms with Gasteiger partial charge in [0.1, 0.15) is 11.6 Å². The minimum Gasteiger partial charge on any atom is -0.467 e. The Labute approximate surface area is 159 Å². The molecule has 26 heavy (non-hydrogen) atoms. The van der Waals surface area contributed by atoms with Gasteiger partial charge >= 0.3 is 0 Å². The molecule has 0 saturated carbocycles. The van der Waals surface area contributed by atoms with Gasteiger partial charge < -0.3 is 14.8 Å². The molecule has 1 atom stereocenters. The lowest BCUT2D eigenvalue weighted by Crippen LogP contribution is -2.17. The molecule has 0 spiro atoms. The summed E-state index contributed by atoms with van der Waals surface area (Å²) in [6.45, 7) is 4.42. The lowest BCUT2D eigenvalue weighted by molar-refractivity contribution is -0.113. The van der Waals surface area contributed by atoms with Crippen molar-refractivity contribution in [3.05, 3.63) is 44.2 Å². The van der Waals surface area contributed by atoms with Crippen molar-refractivity contribution in [3.63, 3.8) is 0 Å². The highest BCUT2D eigenvalue weighted by Crippen LogP contribution is 2.46. The summed E-state index contributed by atoms with van der Waals surface area (Å²) in [5.74, 6) is 1.27. The molecule has 0 aliphatic carbocycles. The molecule has 0 radical (unpaired) electrons. The average Bonchev–Trinajstić information content (AvgIpc) is 2.81. The number of amides is 1. The van der Waals surface area contributed by atoms with Gasteiger partial charge in [-0.1, -0.05) is 11.6 Å². The van der Waals surface area contributed by atoms with Gasteiger partial charge in [0.15, 0.2) is 6.79 Å². The maximum Gasteiger partial charge on any atom is 0.270 e. The second kappa shape index (κ2) is 6.68. The van der Waals surface area contributed by atoms with Gasteiger partial charge in [0.25, 0.3) is 5.56 Å². The van der Waals surface area contributed by atoms with Crippen LogP contribution in [0, 0.1) is 0 Å². The molecule has 9 heteroatoms. The van der Waals surface area contributed by atoms with Gasteiger partial charge in [-0.05, 0) is 26.0 Å². The topological polar surface area (TPSA) is 85.4 Å². The molecule has 3 heterocycles. The van der Waals surface area contributed by atoms with Crippen molar-refractivity contribution < 1.29 is 14.3 Å². The van der Waals surface area contributed by atoms with Crippen LogP contribution in [0.1, 0.15) is 41.8 Å². The summed E-state index contributed by atoms with van der Waals surface area (Å²) in [7, 11) is 0. The van der Waals surface area contributed by atoms with Gasteiger partial charge in [0.05, 0.1) is 23.2 Å². The molecule has 0 saturated heterocycles. The van der Waals surface area contributed by atoms with Crippen molar-refractivity contribution in [2.45, 2.75) is 31.7 Å². The molecule has 0 bridgehead atoms. The molecular weight excluding hydrogens is 378 g/mol. The van der Waals surface area contributed by atoms with Crippen LogP contribution < -0.4 is 15.6 Å². The third-order valence-corrected chi connectivity index (χ3v) is 5.84. The van der Waals surface area contributed by atoms with Crippen LogP contribution in [0.15, 0.2) is 16.9 Å². The summed E-state index contributed by atoms with van der Waals surface area (Å²) in [5.41, 5.74) is 1.90. The largest absolute Gasteiger partial charge is 0.467 e. The van der Waals surface area contributed by atoms with Crippen molar-refractivity contribution in [1.29, 1.82) is 0 Å². The van der Waals surface area contributed by atoms with Crippen LogP contribution in [0.2, 0.25) is 5.02 Å². The van der Waals surface area contributed by atoms with Crippen LogP contribution in [0.3, 0.4) is 0 Å². The van der Waals surface area contributed by atoms with Crippen molar-refractivity contribution in [2.75, 3.05) is 17.9 Å². The number of nitrogens with zero attached hydrogens (tertiary/aromatic N) is 1. The zero-order chi connectivity index (χ0) is 18.4. The van der Waals surface area contributed by atoms with E-state index < -0.39 is 0 Å². The Hall–Kier alpha value is -1.90. The maximum absolute atomic E-state index is 12.7. The van der Waals surface area contributed by atoms with Crippen molar-refractivity contribution in [2.24, 2.45) is 0 Å². The first-order valence-electron chi connectivity index (χ1n) is 8.24. The third kappa shape index (κ3) is 2.91. The highest BCUT2D eigenvalue weighted by atomic mass is 35.5. The number of hydrogen-bond acceptors (Lipinski definition) is 5. The number of aromatic nitrogens is 2. The SMILES string of the molecule is CC(C)n1[nH]c(=O)c2c1NC(=O)CS[C@H]2c1cc(Cl)cc2c1OCOC2. The zero-order valence-corrected chi connectivity index (χ0v) is 15.9. The third-order valence-electron chi connectivity index (χ3n) is 4.37. The Morgan fingerprint density at radius 2 is 2.15 bits per heavy atom. The number of fused-ring (bicyclic) bond motifs is 2. The van der Waals surface area contributed by atoms with Crippen molar-refractivity contribution >= 4 is 35.1 Å². The first-order valence-corrected chi connectivity index (χ1v) is 9.67. The first-order chi connectivity index (χ1) is 12.5. The molecular formula is C17H18ClN3O4S. The molecule has 0 unspecified atom stereocenters. The van der Waals surface area contributed by atoms with E-state index in [0.29, 0.717) is 28.8 Å². The Morgan fingerprint density at radius 3 is 2.92 bits per heavy atom. The number of thioether (sulfide) groups is 1. The molecule has 0 fully saturated rings. The number of H-pyrrole nitrogens is 1. The molecule has 2 aromatic rings. The van der Waals surface area contributed by atoms with Gasteiger partial charge in [0, 0.05) is 22.2 Å². The number of halogens is 1. The number of benzene rings is 1. The predicted molar refractivity (Wildman–Crippen MR) is 100 cm³/mol. The van der Waals surface area contributed by atoms with E-state index in [0.717, 1.165) is 11.1 Å². The summed E-state index contributed by atoms with van der Waals surface area (Å²) < 4.78 is 12.7. The summed E-state index contributed by atoms with van der Waals surface area (Å²) in [4.78, 5) is 25.0. The summed E-state index contributed by atoms with van der Waals surface area (Å²) >= 11 is 7.68. The molecule has 2 aliphatic rings. The first kappa shape index (κ1) is 17.5. The Morgan fingerprint density at radius 1 is 1.35 bits per heavy atom. The number of rotatable bonds is 2. The maximum atomic E-state index is 12.7. The molecule has 2 N–H and O–H groups in total. The standard InChI is InChI=1S/C17H18ClN3O4S/c1-8(2)21-16-13(17(23)20-21)15(26-6-12(22)19-16)11-4-10(18)3-9-5-24-7-25-14(9)11/h3-4,8,15H,5-7H2,1-2H3,(H,19,22)(H,20,23)/t15-/m0/s1. The Balaban J connectivity index is 1.93. The quantitative estimate of drug-likeness (QED) is 0.816. The highest BCUT2D eigenvalue weighted by molar-refractivity contribution is 8.00. The van der Waals surface area contributed by atoms with Crippen molar-refractivity contribution in [1.82, 2.24) is 9.78 Å². The van der Waals surface area contributed by atoms with Crippen LogP contribution >= 0.6 is 23.4 Å². The van der Waals surface area contributed by atoms with E-state index in [9.17, 15) is 9.59 Å². The number of carbonyl (C=O) groups excluding carboxylic acids is 1. The van der Waals surface area contributed by atoms with E-state index in [-0.39, 0.29) is 35.3 Å². The predicted octanol–water partition coefficient (Wildman–Crippen LogP) is 3.05. The fourth-order valence-electron chi connectivity index (χ4n) is 3.28. The molecule has 7 nitrogen and oxygen atoms in total. The molecule has 4 rings (SSSR count). The number of aromatic amines is 1. The average molecular weight is 396 g/mol. The lowest BCUT2D eigenvalue weighted by atomic mass is 10.0. The monoisotopic (exact) mass is 395 g/mol. The molecule has 1 amide bonds. The van der Waals surface area contributed by atoms with Crippen molar-refractivity contribution in [3.8, 4) is 5.75 Å². The lowest BCUT2D eigenvalue weighted by Gasteiger charge is -2.24. The van der Waals surface area contributed by atoms with Gasteiger partial charge in [0.2, 0.25) is 5.91 Å². The minimum atomic E-state index is -0.377. The fraction of sp³-hybridized carbons (Fsp3) is 0.412. The second-order valence-electron chi connectivity index (χ2n) is 6.50. The minimum absolute atomic E-state index is 0.00609. The van der Waals surface area contributed by atoms with Gasteiger partial charge in [-0.15, -0.1) is 11.8 Å². The van der Waals surface area contributed by atoms with E-state index in [4.69, 9.17) is 21.1 Å². The summed E-state index contributed by atoms with van der Waals surface area (Å²) in [5, 5.41) is 5.86. The van der Waals surface area contributed by atoms with E-state index in [2.05, 4.69) is 10.4 Å². The number of carbonyl (C=O) groups is 1. The normalized spacial score (nSPS) is 19.4. The summed E-state index contributed by atoms with van der Waals surface area (Å²) in [6, 6.07) is 3.59. The Bertz CT molecular complexity index is 937. The molecule has 2 aliphatic heterocycles. The molecule has 1 aromatic heterocycles. The Kier molecular flexibility index (Phi) is 4.50. The van der Waals surface area contributed by atoms with E-state index in [1.807, 2.05) is 13.8 Å². The fourth-order valence-corrected chi connectivity index (χ4v) is 4.66. The van der Waals surface area contributed by atoms with E-state index >= 15 is 0 Å². The second-order valence-corrected chi connectivity index (χ2v) is 8.03. The van der Waals surface area contributed by atoms with Crippen LogP contribution in [0.25, 0.3) is 0 Å². The van der Waals surface area contributed by atoms with Gasteiger partial charge in [-0.2, -0.15) is 0 Å². The number of ether oxygens (including phenoxy) is 2. The molecule has 1 aromatic carbocycles. The van der Waals surface area contributed by atoms with Gasteiger partial charge in [-0.25, -0.2) is 0 Å². The zero-order valence-electron chi connectivity index (χ0n) is 14.3. The van der Waals surface area contributed by atoms with Crippen LogP contribution in [-0.4, -0.2) is 28.2 Å². The number of hydrogen-bond donors (Lipinski definition) is 2. The van der Waals surface area contributed by atoms with E-state index in [1.54, 1.807) is 16.8 Å². The van der Waals surface area contributed by atoms with Crippen LogP contribution in [0.5, 0.6) is 5.75 Å². The smallest absolute Gasteiger partial charge is 0.270 e. The van der Waals surface area contributed by atoms with Crippen LogP contribution in [0.4, 0.5) is 5.82 Å². The van der Waals surface area contributed by atoms with Crippen LogP contribution in [-0.2, 0) is 16.1 Å². The number of anilines is 1. The summed E-state index contributed by atoms with van der Waals surface area (Å²) in [6.07, 6.45) is 0. The van der Waals surface area contributed by atoms with Gasteiger partial charge in [-0.3, -0.25) is 19.4 Å².